The fraction of sp³-hybridized carbons (Fsp3) is 0.700. The Balaban J connectivity index is 1.46. The second-order valence-electron chi connectivity index (χ2n) is 7.34. The molecule has 134 valence electrons. The Morgan fingerprint density at radius 1 is 1.21 bits per heavy atom. The van der Waals surface area contributed by atoms with Gasteiger partial charge in [-0.25, -0.2) is 0 Å². The van der Waals surface area contributed by atoms with Gasteiger partial charge in [-0.15, -0.1) is 0 Å². The van der Waals surface area contributed by atoms with Crippen LogP contribution in [0.25, 0.3) is 0 Å². The molecule has 1 aromatic carbocycles. The Kier molecular flexibility index (Phi) is 5.48. The monoisotopic (exact) mass is 333 g/mol. The van der Waals surface area contributed by atoms with Crippen molar-refractivity contribution in [2.24, 2.45) is 5.41 Å². The van der Waals surface area contributed by atoms with Crippen molar-refractivity contribution in [3.8, 4) is 5.75 Å². The van der Waals surface area contributed by atoms with Gasteiger partial charge in [0, 0.05) is 25.0 Å². The van der Waals surface area contributed by atoms with Crippen molar-refractivity contribution < 1.29 is 14.6 Å². The molecule has 4 heteroatoms. The van der Waals surface area contributed by atoms with Gasteiger partial charge in [0.05, 0.1) is 12.2 Å². The molecule has 2 aliphatic rings. The van der Waals surface area contributed by atoms with Crippen LogP contribution in [0.15, 0.2) is 18.2 Å². The zero-order valence-electron chi connectivity index (χ0n) is 15.3. The quantitative estimate of drug-likeness (QED) is 0.869. The first kappa shape index (κ1) is 17.7. The van der Waals surface area contributed by atoms with E-state index in [1.54, 1.807) is 0 Å². The predicted molar refractivity (Wildman–Crippen MR) is 95.6 cm³/mol. The highest BCUT2D eigenvalue weighted by Crippen LogP contribution is 2.50. The number of hydrogen-bond acceptors (Lipinski definition) is 4. The van der Waals surface area contributed by atoms with Crippen LogP contribution in [0.2, 0.25) is 0 Å². The van der Waals surface area contributed by atoms with Crippen molar-refractivity contribution in [2.45, 2.75) is 52.2 Å². The van der Waals surface area contributed by atoms with Gasteiger partial charge in [-0.1, -0.05) is 18.2 Å². The summed E-state index contributed by atoms with van der Waals surface area (Å²) in [7, 11) is 0. The van der Waals surface area contributed by atoms with Crippen LogP contribution in [-0.4, -0.2) is 55.1 Å². The van der Waals surface area contributed by atoms with Crippen LogP contribution in [0.4, 0.5) is 0 Å². The van der Waals surface area contributed by atoms with Crippen LogP contribution in [-0.2, 0) is 4.74 Å². The normalized spacial score (nSPS) is 26.3. The van der Waals surface area contributed by atoms with Gasteiger partial charge in [0.15, 0.2) is 0 Å². The van der Waals surface area contributed by atoms with Crippen LogP contribution < -0.4 is 4.74 Å². The molecular formula is C20H31NO3. The van der Waals surface area contributed by atoms with Gasteiger partial charge in [0.1, 0.15) is 12.4 Å². The van der Waals surface area contributed by atoms with Crippen molar-refractivity contribution in [3.05, 3.63) is 29.3 Å². The molecule has 2 unspecified atom stereocenters. The van der Waals surface area contributed by atoms with Crippen molar-refractivity contribution in [1.29, 1.82) is 0 Å². The number of rotatable bonds is 6. The molecule has 0 radical (unpaired) electrons. The average Bonchev–Trinajstić information content (AvgIpc) is 2.58. The van der Waals surface area contributed by atoms with Crippen molar-refractivity contribution >= 4 is 0 Å². The molecule has 3 rings (SSSR count). The van der Waals surface area contributed by atoms with E-state index in [9.17, 15) is 5.11 Å². The Morgan fingerprint density at radius 3 is 2.46 bits per heavy atom. The van der Waals surface area contributed by atoms with Crippen molar-refractivity contribution in [3.63, 3.8) is 0 Å². The highest BCUT2D eigenvalue weighted by molar-refractivity contribution is 5.39. The Morgan fingerprint density at radius 2 is 1.88 bits per heavy atom. The largest absolute Gasteiger partial charge is 0.492 e. The van der Waals surface area contributed by atoms with E-state index in [2.05, 4.69) is 36.9 Å². The molecule has 24 heavy (non-hydrogen) atoms. The zero-order valence-corrected chi connectivity index (χ0v) is 15.3. The number of nitrogens with zero attached hydrogens (tertiary/aromatic N) is 1. The fourth-order valence-electron chi connectivity index (χ4n) is 4.31. The summed E-state index contributed by atoms with van der Waals surface area (Å²) in [6, 6.07) is 6.26. The van der Waals surface area contributed by atoms with Gasteiger partial charge in [-0.3, -0.25) is 4.90 Å². The van der Waals surface area contributed by atoms with Crippen molar-refractivity contribution in [1.82, 2.24) is 4.90 Å². The third-order valence-electron chi connectivity index (χ3n) is 5.96. The summed E-state index contributed by atoms with van der Waals surface area (Å²) in [5.74, 6) is 1.02. The molecule has 4 nitrogen and oxygen atoms in total. The standard InChI is InChI=1S/C20H31NO3/c1-4-23-18-14-17(22)20(18)8-10-21(11-9-20)12-13-24-19-15(2)6-5-7-16(19)3/h5-7,17-18,22H,4,8-14H2,1-3H3. The van der Waals surface area contributed by atoms with Gasteiger partial charge in [0.25, 0.3) is 0 Å². The molecule has 1 heterocycles. The minimum atomic E-state index is -0.179. The number of aliphatic hydroxyl groups excluding tert-OH is 1. The van der Waals surface area contributed by atoms with Gasteiger partial charge in [0.2, 0.25) is 0 Å². The molecular weight excluding hydrogens is 302 g/mol. The lowest BCUT2D eigenvalue weighted by Gasteiger charge is -2.56. The molecule has 2 fully saturated rings. The van der Waals surface area contributed by atoms with E-state index in [0.717, 1.165) is 57.9 Å². The summed E-state index contributed by atoms with van der Waals surface area (Å²) in [5, 5.41) is 10.3. The summed E-state index contributed by atoms with van der Waals surface area (Å²) in [6.45, 7) is 10.7. The number of benzene rings is 1. The van der Waals surface area contributed by atoms with Gasteiger partial charge in [-0.05, 0) is 57.8 Å². The third kappa shape index (κ3) is 3.32. The highest BCUT2D eigenvalue weighted by atomic mass is 16.5. The smallest absolute Gasteiger partial charge is 0.125 e. The minimum absolute atomic E-state index is 0.0139. The van der Waals surface area contributed by atoms with Crippen LogP contribution in [0, 0.1) is 19.3 Å². The first-order chi connectivity index (χ1) is 11.6. The third-order valence-corrected chi connectivity index (χ3v) is 5.96. The SMILES string of the molecule is CCOC1CC(O)C12CCN(CCOc1c(C)cccc1C)CC2. The van der Waals surface area contributed by atoms with Gasteiger partial charge in [-0.2, -0.15) is 0 Å². The average molecular weight is 333 g/mol. The first-order valence-electron chi connectivity index (χ1n) is 9.28. The minimum Gasteiger partial charge on any atom is -0.492 e. The molecule has 1 spiro atoms. The maximum atomic E-state index is 10.3. The van der Waals surface area contributed by atoms with Gasteiger partial charge < -0.3 is 14.6 Å². The summed E-state index contributed by atoms with van der Waals surface area (Å²) in [6.07, 6.45) is 2.95. The first-order valence-corrected chi connectivity index (χ1v) is 9.28. The fourth-order valence-corrected chi connectivity index (χ4v) is 4.31. The Bertz CT molecular complexity index is 530. The van der Waals surface area contributed by atoms with E-state index in [-0.39, 0.29) is 17.6 Å². The van der Waals surface area contributed by atoms with Gasteiger partial charge >= 0.3 is 0 Å². The Labute approximate surface area is 145 Å². The summed E-state index contributed by atoms with van der Waals surface area (Å²) >= 11 is 0. The molecule has 1 aromatic rings. The molecule has 2 atom stereocenters. The molecule has 1 aliphatic carbocycles. The zero-order chi connectivity index (χ0) is 17.2. The lowest BCUT2D eigenvalue weighted by atomic mass is 9.58. The lowest BCUT2D eigenvalue weighted by molar-refractivity contribution is -0.209. The summed E-state index contributed by atoms with van der Waals surface area (Å²) in [4.78, 5) is 2.45. The number of para-hydroxylation sites is 1. The number of piperidine rings is 1. The number of aliphatic hydroxyl groups is 1. The van der Waals surface area contributed by atoms with E-state index >= 15 is 0 Å². The number of aryl methyl sites for hydroxylation is 2. The molecule has 0 aromatic heterocycles. The molecule has 1 saturated heterocycles. The second-order valence-corrected chi connectivity index (χ2v) is 7.34. The number of likely N-dealkylation sites (tertiary alicyclic amines) is 1. The van der Waals surface area contributed by atoms with Crippen LogP contribution in [0.5, 0.6) is 5.75 Å². The van der Waals surface area contributed by atoms with E-state index in [1.165, 1.54) is 11.1 Å². The topological polar surface area (TPSA) is 41.9 Å². The van der Waals surface area contributed by atoms with Crippen LogP contribution in [0.1, 0.15) is 37.3 Å². The van der Waals surface area contributed by atoms with E-state index in [0.29, 0.717) is 0 Å². The number of hydrogen-bond donors (Lipinski definition) is 1. The lowest BCUT2D eigenvalue weighted by Crippen LogP contribution is -2.62. The molecule has 1 aliphatic heterocycles. The van der Waals surface area contributed by atoms with E-state index < -0.39 is 0 Å². The molecule has 0 bridgehead atoms. The van der Waals surface area contributed by atoms with E-state index in [1.807, 2.05) is 6.92 Å². The summed E-state index contributed by atoms with van der Waals surface area (Å²) in [5.41, 5.74) is 2.41. The summed E-state index contributed by atoms with van der Waals surface area (Å²) < 4.78 is 11.9. The second kappa shape index (κ2) is 7.42. The maximum Gasteiger partial charge on any atom is 0.125 e. The van der Waals surface area contributed by atoms with Crippen LogP contribution in [0.3, 0.4) is 0 Å². The maximum absolute atomic E-state index is 10.3. The van der Waals surface area contributed by atoms with Crippen molar-refractivity contribution in [2.75, 3.05) is 32.8 Å². The highest BCUT2D eigenvalue weighted by Gasteiger charge is 2.55. The van der Waals surface area contributed by atoms with Crippen LogP contribution >= 0.6 is 0 Å². The Hall–Kier alpha value is -1.10. The van der Waals surface area contributed by atoms with E-state index in [4.69, 9.17) is 9.47 Å². The molecule has 0 amide bonds. The predicted octanol–water partition coefficient (Wildman–Crippen LogP) is 2.93. The molecule has 1 N–H and O–H groups in total. The number of ether oxygens (including phenoxy) is 2. The molecule has 1 saturated carbocycles.